The molecule has 2 rings (SSSR count). The summed E-state index contributed by atoms with van der Waals surface area (Å²) in [6.07, 6.45) is 2.26. The smallest absolute Gasteiger partial charge is 0.225 e. The molecule has 1 amide bonds. The van der Waals surface area contributed by atoms with Gasteiger partial charge < -0.3 is 15.1 Å². The highest BCUT2D eigenvalue weighted by atomic mass is 16.2. The minimum absolute atomic E-state index is 0.181. The molecule has 2 heterocycles. The van der Waals surface area contributed by atoms with Crippen molar-refractivity contribution < 1.29 is 4.79 Å². The van der Waals surface area contributed by atoms with Crippen molar-refractivity contribution in [1.29, 1.82) is 0 Å². The van der Waals surface area contributed by atoms with E-state index in [-0.39, 0.29) is 5.92 Å². The predicted octanol–water partition coefficient (Wildman–Crippen LogP) is 0.785. The zero-order chi connectivity index (χ0) is 13.1. The molecule has 1 N–H and O–H groups in total. The van der Waals surface area contributed by atoms with Crippen LogP contribution in [0.25, 0.3) is 0 Å². The molecule has 4 nitrogen and oxygen atoms in total. The summed E-state index contributed by atoms with van der Waals surface area (Å²) in [6, 6.07) is 0.454. The number of hydrogen-bond acceptors (Lipinski definition) is 3. The van der Waals surface area contributed by atoms with E-state index in [9.17, 15) is 4.79 Å². The Bertz CT molecular complexity index is 283. The summed E-state index contributed by atoms with van der Waals surface area (Å²) in [5.41, 5.74) is 0. The lowest BCUT2D eigenvalue weighted by atomic mass is 9.87. The highest BCUT2D eigenvalue weighted by Crippen LogP contribution is 2.22. The summed E-state index contributed by atoms with van der Waals surface area (Å²) in [4.78, 5) is 16.9. The van der Waals surface area contributed by atoms with E-state index in [2.05, 4.69) is 24.1 Å². The molecular formula is C14H27N3O. The van der Waals surface area contributed by atoms with Gasteiger partial charge in [0.25, 0.3) is 0 Å². The van der Waals surface area contributed by atoms with Gasteiger partial charge in [0.2, 0.25) is 5.91 Å². The summed E-state index contributed by atoms with van der Waals surface area (Å²) in [7, 11) is 2.00. The lowest BCUT2D eigenvalue weighted by Gasteiger charge is -2.39. The number of amides is 1. The maximum Gasteiger partial charge on any atom is 0.225 e. The van der Waals surface area contributed by atoms with Crippen LogP contribution < -0.4 is 5.32 Å². The Balaban J connectivity index is 1.83. The molecule has 0 aromatic carbocycles. The summed E-state index contributed by atoms with van der Waals surface area (Å²) >= 11 is 0. The van der Waals surface area contributed by atoms with Crippen LogP contribution in [0.1, 0.15) is 26.7 Å². The molecule has 0 aromatic heterocycles. The molecule has 1 unspecified atom stereocenters. The van der Waals surface area contributed by atoms with Gasteiger partial charge in [0.15, 0.2) is 0 Å². The van der Waals surface area contributed by atoms with Crippen molar-refractivity contribution in [3.05, 3.63) is 0 Å². The molecular weight excluding hydrogens is 226 g/mol. The fourth-order valence-electron chi connectivity index (χ4n) is 2.99. The molecule has 0 radical (unpaired) electrons. The highest BCUT2D eigenvalue weighted by Gasteiger charge is 2.33. The van der Waals surface area contributed by atoms with Crippen LogP contribution in [0.4, 0.5) is 0 Å². The Hall–Kier alpha value is -0.610. The number of hydrogen-bond donors (Lipinski definition) is 1. The lowest BCUT2D eigenvalue weighted by Crippen LogP contribution is -2.52. The monoisotopic (exact) mass is 253 g/mol. The van der Waals surface area contributed by atoms with Crippen LogP contribution in [0.3, 0.4) is 0 Å². The minimum atomic E-state index is 0.181. The van der Waals surface area contributed by atoms with Crippen molar-refractivity contribution in [3.8, 4) is 0 Å². The van der Waals surface area contributed by atoms with Gasteiger partial charge in [0.05, 0.1) is 0 Å². The molecule has 4 heteroatoms. The number of nitrogens with zero attached hydrogens (tertiary/aromatic N) is 2. The molecule has 0 aliphatic carbocycles. The molecule has 1 atom stereocenters. The first-order valence-corrected chi connectivity index (χ1v) is 7.33. The van der Waals surface area contributed by atoms with Crippen molar-refractivity contribution >= 4 is 5.91 Å². The maximum atomic E-state index is 12.4. The second-order valence-corrected chi connectivity index (χ2v) is 5.82. The molecule has 104 valence electrons. The van der Waals surface area contributed by atoms with E-state index in [1.54, 1.807) is 0 Å². The minimum Gasteiger partial charge on any atom is -0.342 e. The number of rotatable bonds is 4. The molecule has 0 saturated carbocycles. The van der Waals surface area contributed by atoms with E-state index in [0.717, 1.165) is 45.6 Å². The van der Waals surface area contributed by atoms with Gasteiger partial charge in [-0.05, 0) is 38.4 Å². The normalized spacial score (nSPS) is 24.6. The maximum absolute atomic E-state index is 12.4. The Morgan fingerprint density at radius 3 is 2.44 bits per heavy atom. The molecule has 2 aliphatic rings. The first-order chi connectivity index (χ1) is 8.63. The quantitative estimate of drug-likeness (QED) is 0.804. The highest BCUT2D eigenvalue weighted by molar-refractivity contribution is 5.79. The Morgan fingerprint density at radius 1 is 1.39 bits per heavy atom. The number of carbonyl (C=O) groups excluding carboxylic acids is 1. The third-order valence-electron chi connectivity index (χ3n) is 4.81. The Labute approximate surface area is 111 Å². The van der Waals surface area contributed by atoms with Gasteiger partial charge >= 0.3 is 0 Å². The standard InChI is InChI=1S/C14H27N3O/c1-4-17-7-5-13(6-8-17)16(3)14(18)11(2)12-9-15-10-12/h11-13,15H,4-10H2,1-3H3. The Kier molecular flexibility index (Phi) is 4.62. The van der Waals surface area contributed by atoms with Crippen LogP contribution in [-0.2, 0) is 4.79 Å². The topological polar surface area (TPSA) is 35.6 Å². The van der Waals surface area contributed by atoms with E-state index in [1.165, 1.54) is 0 Å². The van der Waals surface area contributed by atoms with Crippen LogP contribution in [0.5, 0.6) is 0 Å². The van der Waals surface area contributed by atoms with Crippen molar-refractivity contribution in [3.63, 3.8) is 0 Å². The third kappa shape index (κ3) is 2.86. The largest absolute Gasteiger partial charge is 0.342 e. The SMILES string of the molecule is CCN1CCC(N(C)C(=O)C(C)C2CNC2)CC1. The zero-order valence-electron chi connectivity index (χ0n) is 12.0. The second-order valence-electron chi connectivity index (χ2n) is 5.82. The average Bonchev–Trinajstić information content (AvgIpc) is 2.35. The van der Waals surface area contributed by atoms with Crippen LogP contribution >= 0.6 is 0 Å². The molecule has 2 saturated heterocycles. The first kappa shape index (κ1) is 13.8. The van der Waals surface area contributed by atoms with Gasteiger partial charge in [-0.2, -0.15) is 0 Å². The van der Waals surface area contributed by atoms with Crippen molar-refractivity contribution in [2.75, 3.05) is 39.8 Å². The second kappa shape index (κ2) is 6.02. The van der Waals surface area contributed by atoms with E-state index in [0.29, 0.717) is 17.9 Å². The van der Waals surface area contributed by atoms with Crippen LogP contribution in [0, 0.1) is 11.8 Å². The summed E-state index contributed by atoms with van der Waals surface area (Å²) in [5.74, 6) is 1.08. The number of nitrogens with one attached hydrogen (secondary N) is 1. The fraction of sp³-hybridized carbons (Fsp3) is 0.929. The van der Waals surface area contributed by atoms with Crippen LogP contribution in [-0.4, -0.2) is 61.5 Å². The number of likely N-dealkylation sites (tertiary alicyclic amines) is 1. The van der Waals surface area contributed by atoms with E-state index in [4.69, 9.17) is 0 Å². The van der Waals surface area contributed by atoms with Crippen molar-refractivity contribution in [2.45, 2.75) is 32.7 Å². The van der Waals surface area contributed by atoms with Gasteiger partial charge in [-0.1, -0.05) is 13.8 Å². The van der Waals surface area contributed by atoms with Gasteiger partial charge in [-0.3, -0.25) is 4.79 Å². The predicted molar refractivity (Wildman–Crippen MR) is 73.4 cm³/mol. The molecule has 2 fully saturated rings. The van der Waals surface area contributed by atoms with Gasteiger partial charge in [-0.15, -0.1) is 0 Å². The lowest BCUT2D eigenvalue weighted by molar-refractivity contribution is -0.139. The van der Waals surface area contributed by atoms with Gasteiger partial charge in [0, 0.05) is 32.1 Å². The summed E-state index contributed by atoms with van der Waals surface area (Å²) in [5, 5.41) is 3.25. The van der Waals surface area contributed by atoms with Crippen LogP contribution in [0.15, 0.2) is 0 Å². The average molecular weight is 253 g/mol. The van der Waals surface area contributed by atoms with E-state index in [1.807, 2.05) is 11.9 Å². The molecule has 18 heavy (non-hydrogen) atoms. The molecule has 2 aliphatic heterocycles. The fourth-order valence-corrected chi connectivity index (χ4v) is 2.99. The van der Waals surface area contributed by atoms with E-state index < -0.39 is 0 Å². The van der Waals surface area contributed by atoms with Gasteiger partial charge in [-0.25, -0.2) is 0 Å². The number of carbonyl (C=O) groups is 1. The molecule has 0 bridgehead atoms. The Morgan fingerprint density at radius 2 is 2.00 bits per heavy atom. The summed E-state index contributed by atoms with van der Waals surface area (Å²) < 4.78 is 0. The molecule has 0 aromatic rings. The number of piperidine rings is 1. The third-order valence-corrected chi connectivity index (χ3v) is 4.81. The van der Waals surface area contributed by atoms with E-state index >= 15 is 0 Å². The summed E-state index contributed by atoms with van der Waals surface area (Å²) in [6.45, 7) is 9.72. The van der Waals surface area contributed by atoms with Crippen LogP contribution in [0.2, 0.25) is 0 Å². The van der Waals surface area contributed by atoms with Crippen molar-refractivity contribution in [1.82, 2.24) is 15.1 Å². The zero-order valence-corrected chi connectivity index (χ0v) is 12.0. The van der Waals surface area contributed by atoms with Gasteiger partial charge in [0.1, 0.15) is 0 Å². The molecule has 0 spiro atoms. The first-order valence-electron chi connectivity index (χ1n) is 7.33. The van der Waals surface area contributed by atoms with Crippen molar-refractivity contribution in [2.24, 2.45) is 11.8 Å².